The van der Waals surface area contributed by atoms with Crippen molar-refractivity contribution >= 4 is 11.8 Å². The summed E-state index contributed by atoms with van der Waals surface area (Å²) in [4.78, 5) is 11.6. The average Bonchev–Trinajstić information content (AvgIpc) is 2.71. The fraction of sp³-hybridized carbons (Fsp3) is 0.333. The zero-order valence-electron chi connectivity index (χ0n) is 11.1. The highest BCUT2D eigenvalue weighted by atomic mass is 32.2. The van der Waals surface area contributed by atoms with E-state index in [4.69, 9.17) is 5.73 Å². The van der Waals surface area contributed by atoms with Gasteiger partial charge in [0.05, 0.1) is 5.56 Å². The summed E-state index contributed by atoms with van der Waals surface area (Å²) < 4.78 is 40.4. The minimum Gasteiger partial charge on any atom is -0.330 e. The van der Waals surface area contributed by atoms with Crippen LogP contribution in [0.4, 0.5) is 13.2 Å². The Bertz CT molecular complexity index is 693. The molecule has 114 valence electrons. The van der Waals surface area contributed by atoms with Gasteiger partial charge in [-0.15, -0.1) is 5.10 Å². The van der Waals surface area contributed by atoms with Crippen molar-refractivity contribution in [1.29, 1.82) is 0 Å². The summed E-state index contributed by atoms with van der Waals surface area (Å²) in [6, 6.07) is 4.02. The van der Waals surface area contributed by atoms with Gasteiger partial charge in [0.25, 0.3) is 0 Å². The van der Waals surface area contributed by atoms with Crippen molar-refractivity contribution in [3.05, 3.63) is 39.8 Å². The van der Waals surface area contributed by atoms with Crippen LogP contribution in [0.25, 0.3) is 0 Å². The molecule has 3 N–H and O–H groups in total. The molecule has 0 atom stereocenters. The Hall–Kier alpha value is -1.74. The molecule has 0 amide bonds. The number of nitrogens with two attached hydrogens (primary N) is 1. The Balaban J connectivity index is 2.38. The van der Waals surface area contributed by atoms with Crippen LogP contribution in [-0.4, -0.2) is 21.3 Å². The standard InChI is InChI=1S/C12H13F3N4OS/c1-19-10(20)17-18-11(19)21-8-3-2-7(4-5-16)9(6-8)12(13,14)15/h2-3,6H,4-5,16H2,1H3,(H,17,20). The third-order valence-corrected chi connectivity index (χ3v) is 3.89. The summed E-state index contributed by atoms with van der Waals surface area (Å²) in [7, 11) is 1.49. The van der Waals surface area contributed by atoms with Gasteiger partial charge >= 0.3 is 11.9 Å². The Morgan fingerprint density at radius 2 is 2.14 bits per heavy atom. The molecule has 0 aliphatic rings. The zero-order chi connectivity index (χ0) is 15.6. The van der Waals surface area contributed by atoms with Gasteiger partial charge in [0.15, 0.2) is 5.16 Å². The zero-order valence-corrected chi connectivity index (χ0v) is 11.9. The maximum absolute atomic E-state index is 13.0. The molecule has 0 fully saturated rings. The number of H-pyrrole nitrogens is 1. The summed E-state index contributed by atoms with van der Waals surface area (Å²) in [5.41, 5.74) is 4.36. The first-order chi connectivity index (χ1) is 9.82. The molecule has 1 heterocycles. The van der Waals surface area contributed by atoms with Gasteiger partial charge < -0.3 is 5.73 Å². The number of nitrogens with zero attached hydrogens (tertiary/aromatic N) is 2. The number of alkyl halides is 3. The van der Waals surface area contributed by atoms with Crippen molar-refractivity contribution in [2.24, 2.45) is 12.8 Å². The maximum Gasteiger partial charge on any atom is 0.416 e. The van der Waals surface area contributed by atoms with Crippen LogP contribution in [0.1, 0.15) is 11.1 Å². The molecule has 0 bridgehead atoms. The fourth-order valence-electron chi connectivity index (χ4n) is 1.79. The minimum absolute atomic E-state index is 0.142. The van der Waals surface area contributed by atoms with Gasteiger partial charge in [-0.05, 0) is 42.4 Å². The molecule has 0 saturated heterocycles. The summed E-state index contributed by atoms with van der Waals surface area (Å²) in [6.07, 6.45) is -4.29. The number of rotatable bonds is 4. The normalized spacial score (nSPS) is 11.9. The molecule has 1 aromatic heterocycles. The largest absolute Gasteiger partial charge is 0.416 e. The van der Waals surface area contributed by atoms with E-state index in [1.807, 2.05) is 0 Å². The molecule has 0 saturated carbocycles. The highest BCUT2D eigenvalue weighted by molar-refractivity contribution is 7.99. The molecule has 0 spiro atoms. The van der Waals surface area contributed by atoms with Crippen LogP contribution < -0.4 is 11.4 Å². The first-order valence-electron chi connectivity index (χ1n) is 6.02. The number of aromatic amines is 1. The first kappa shape index (κ1) is 15.6. The number of hydrogen-bond acceptors (Lipinski definition) is 4. The summed E-state index contributed by atoms with van der Waals surface area (Å²) in [6.45, 7) is 0.142. The molecular formula is C12H13F3N4OS. The van der Waals surface area contributed by atoms with Crippen LogP contribution in [0.2, 0.25) is 0 Å². The lowest BCUT2D eigenvalue weighted by atomic mass is 10.0. The molecule has 0 unspecified atom stereocenters. The molecule has 0 aliphatic carbocycles. The van der Waals surface area contributed by atoms with Crippen molar-refractivity contribution in [2.45, 2.75) is 22.6 Å². The van der Waals surface area contributed by atoms with Crippen molar-refractivity contribution in [3.8, 4) is 0 Å². The van der Waals surface area contributed by atoms with Crippen LogP contribution in [0, 0.1) is 0 Å². The van der Waals surface area contributed by atoms with Crippen molar-refractivity contribution in [3.63, 3.8) is 0 Å². The molecule has 0 aliphatic heterocycles. The summed E-state index contributed by atoms with van der Waals surface area (Å²) in [5, 5.41) is 6.27. The topological polar surface area (TPSA) is 76.7 Å². The van der Waals surface area contributed by atoms with Gasteiger partial charge in [-0.25, -0.2) is 9.89 Å². The second kappa shape index (κ2) is 5.94. The highest BCUT2D eigenvalue weighted by Gasteiger charge is 2.33. The van der Waals surface area contributed by atoms with Crippen LogP contribution in [0.3, 0.4) is 0 Å². The molecule has 2 aromatic rings. The van der Waals surface area contributed by atoms with Crippen LogP contribution in [-0.2, 0) is 19.6 Å². The third kappa shape index (κ3) is 3.48. The van der Waals surface area contributed by atoms with E-state index in [2.05, 4.69) is 10.2 Å². The molecule has 0 radical (unpaired) electrons. The van der Waals surface area contributed by atoms with Crippen LogP contribution in [0.15, 0.2) is 33.0 Å². The van der Waals surface area contributed by atoms with Gasteiger partial charge in [-0.2, -0.15) is 13.2 Å². The first-order valence-corrected chi connectivity index (χ1v) is 6.84. The minimum atomic E-state index is -4.45. The molecule has 5 nitrogen and oxygen atoms in total. The van der Waals surface area contributed by atoms with E-state index in [1.165, 1.54) is 17.7 Å². The van der Waals surface area contributed by atoms with E-state index in [1.54, 1.807) is 6.07 Å². The van der Waals surface area contributed by atoms with Gasteiger partial charge in [0.2, 0.25) is 0 Å². The Morgan fingerprint density at radius 3 is 2.67 bits per heavy atom. The second-order valence-corrected chi connectivity index (χ2v) is 5.37. The van der Waals surface area contributed by atoms with Crippen LogP contribution in [0.5, 0.6) is 0 Å². The van der Waals surface area contributed by atoms with E-state index in [0.29, 0.717) is 10.1 Å². The predicted octanol–water partition coefficient (Wildman–Crippen LogP) is 1.78. The van der Waals surface area contributed by atoms with E-state index < -0.39 is 17.4 Å². The monoisotopic (exact) mass is 318 g/mol. The van der Waals surface area contributed by atoms with E-state index >= 15 is 0 Å². The lowest BCUT2D eigenvalue weighted by Crippen LogP contribution is -2.13. The number of benzene rings is 1. The molecular weight excluding hydrogens is 305 g/mol. The van der Waals surface area contributed by atoms with Crippen molar-refractivity contribution < 1.29 is 13.2 Å². The smallest absolute Gasteiger partial charge is 0.330 e. The summed E-state index contributed by atoms with van der Waals surface area (Å²) >= 11 is 0.981. The van der Waals surface area contributed by atoms with Gasteiger partial charge in [0, 0.05) is 11.9 Å². The maximum atomic E-state index is 13.0. The lowest BCUT2D eigenvalue weighted by Gasteiger charge is -2.13. The van der Waals surface area contributed by atoms with Crippen LogP contribution >= 0.6 is 11.8 Å². The Kier molecular flexibility index (Phi) is 4.43. The number of aromatic nitrogens is 3. The third-order valence-electron chi connectivity index (χ3n) is 2.85. The van der Waals surface area contributed by atoms with Gasteiger partial charge in [0.1, 0.15) is 0 Å². The van der Waals surface area contributed by atoms with Crippen molar-refractivity contribution in [1.82, 2.24) is 14.8 Å². The molecule has 9 heteroatoms. The van der Waals surface area contributed by atoms with E-state index in [9.17, 15) is 18.0 Å². The van der Waals surface area contributed by atoms with Crippen molar-refractivity contribution in [2.75, 3.05) is 6.54 Å². The Morgan fingerprint density at radius 1 is 1.43 bits per heavy atom. The lowest BCUT2D eigenvalue weighted by molar-refractivity contribution is -0.138. The number of nitrogens with one attached hydrogen (secondary N) is 1. The molecule has 21 heavy (non-hydrogen) atoms. The van der Waals surface area contributed by atoms with Gasteiger partial charge in [-0.3, -0.25) is 4.57 Å². The predicted molar refractivity (Wildman–Crippen MR) is 72.2 cm³/mol. The molecule has 2 rings (SSSR count). The van der Waals surface area contributed by atoms with E-state index in [-0.39, 0.29) is 18.5 Å². The fourth-order valence-corrected chi connectivity index (χ4v) is 2.62. The second-order valence-electron chi connectivity index (χ2n) is 4.33. The quantitative estimate of drug-likeness (QED) is 0.901. The average molecular weight is 318 g/mol. The van der Waals surface area contributed by atoms with E-state index in [0.717, 1.165) is 17.8 Å². The van der Waals surface area contributed by atoms with Gasteiger partial charge in [-0.1, -0.05) is 6.07 Å². The number of hydrogen-bond donors (Lipinski definition) is 2. The highest BCUT2D eigenvalue weighted by Crippen LogP contribution is 2.36. The Labute approximate surface area is 122 Å². The SMILES string of the molecule is Cn1c(Sc2ccc(CCN)c(C(F)(F)F)c2)n[nH]c1=O. The molecule has 1 aromatic carbocycles. The number of halogens is 3. The summed E-state index contributed by atoms with van der Waals surface area (Å²) in [5.74, 6) is 0.